The van der Waals surface area contributed by atoms with Gasteiger partial charge < -0.3 is 14.0 Å². The van der Waals surface area contributed by atoms with E-state index in [0.29, 0.717) is 24.7 Å². The zero-order valence-corrected chi connectivity index (χ0v) is 16.2. The van der Waals surface area contributed by atoms with E-state index in [1.54, 1.807) is 16.8 Å². The molecule has 0 radical (unpaired) electrons. The Bertz CT molecular complexity index is 1170. The second kappa shape index (κ2) is 7.68. The van der Waals surface area contributed by atoms with Gasteiger partial charge in [0.05, 0.1) is 25.5 Å². The van der Waals surface area contributed by atoms with E-state index < -0.39 is 0 Å². The molecule has 0 bridgehead atoms. The summed E-state index contributed by atoms with van der Waals surface area (Å²) in [6.45, 7) is 3.25. The summed E-state index contributed by atoms with van der Waals surface area (Å²) in [5.74, 6) is 1.17. The second-order valence-electron chi connectivity index (χ2n) is 6.80. The SMILES string of the molecule is CCOc1cccc(-c2noc(-c3nnn4c3COC(c3ccc(F)cc3)C4)n2)c1. The molecular weight excluding hydrogens is 389 g/mol. The highest BCUT2D eigenvalue weighted by molar-refractivity contribution is 5.60. The Labute approximate surface area is 171 Å². The van der Waals surface area contributed by atoms with Crippen LogP contribution in [0.15, 0.2) is 53.1 Å². The van der Waals surface area contributed by atoms with Crippen LogP contribution in [0, 0.1) is 5.82 Å². The highest BCUT2D eigenvalue weighted by Crippen LogP contribution is 2.31. The Balaban J connectivity index is 1.39. The number of benzene rings is 2. The third-order valence-corrected chi connectivity index (χ3v) is 4.87. The predicted octanol–water partition coefficient (Wildman–Crippen LogP) is 3.80. The molecule has 1 aliphatic rings. The average Bonchev–Trinajstić information content (AvgIpc) is 3.41. The molecule has 0 aliphatic carbocycles. The van der Waals surface area contributed by atoms with Gasteiger partial charge in [0.15, 0.2) is 5.69 Å². The van der Waals surface area contributed by atoms with Crippen LogP contribution < -0.4 is 4.74 Å². The summed E-state index contributed by atoms with van der Waals surface area (Å²) in [6, 6.07) is 13.7. The maximum Gasteiger partial charge on any atom is 0.280 e. The lowest BCUT2D eigenvalue weighted by atomic mass is 10.1. The van der Waals surface area contributed by atoms with Crippen molar-refractivity contribution in [2.24, 2.45) is 0 Å². The molecule has 8 nitrogen and oxygen atoms in total. The molecule has 0 saturated heterocycles. The van der Waals surface area contributed by atoms with Crippen molar-refractivity contribution in [1.29, 1.82) is 0 Å². The number of hydrogen-bond donors (Lipinski definition) is 0. The standard InChI is InChI=1S/C21H18FN5O3/c1-2-28-16-5-3-4-14(10-16)20-23-21(30-25-20)19-17-12-29-18(11-27(17)26-24-19)13-6-8-15(22)9-7-13/h3-10,18H,2,11-12H2,1H3. The summed E-state index contributed by atoms with van der Waals surface area (Å²) in [6.07, 6.45) is -0.229. The van der Waals surface area contributed by atoms with Gasteiger partial charge in [0.25, 0.3) is 5.89 Å². The molecule has 1 atom stereocenters. The van der Waals surface area contributed by atoms with E-state index in [1.807, 2.05) is 31.2 Å². The van der Waals surface area contributed by atoms with E-state index >= 15 is 0 Å². The van der Waals surface area contributed by atoms with Crippen LogP contribution in [0.4, 0.5) is 4.39 Å². The lowest BCUT2D eigenvalue weighted by molar-refractivity contribution is -0.00120. The fourth-order valence-electron chi connectivity index (χ4n) is 3.39. The van der Waals surface area contributed by atoms with E-state index in [-0.39, 0.29) is 24.4 Å². The minimum atomic E-state index is -0.280. The molecule has 152 valence electrons. The Morgan fingerprint density at radius 3 is 2.90 bits per heavy atom. The van der Waals surface area contributed by atoms with Gasteiger partial charge in [0.2, 0.25) is 5.82 Å². The summed E-state index contributed by atoms with van der Waals surface area (Å²) in [5, 5.41) is 12.5. The van der Waals surface area contributed by atoms with E-state index in [4.69, 9.17) is 14.0 Å². The third kappa shape index (κ3) is 3.43. The molecule has 5 rings (SSSR count). The van der Waals surface area contributed by atoms with Crippen LogP contribution in [-0.4, -0.2) is 31.7 Å². The number of halogens is 1. The first kappa shape index (κ1) is 18.4. The van der Waals surface area contributed by atoms with Crippen molar-refractivity contribution in [3.8, 4) is 28.7 Å². The molecule has 4 aromatic rings. The van der Waals surface area contributed by atoms with Gasteiger partial charge in [-0.15, -0.1) is 5.10 Å². The van der Waals surface area contributed by atoms with Crippen molar-refractivity contribution in [1.82, 2.24) is 25.1 Å². The van der Waals surface area contributed by atoms with Crippen molar-refractivity contribution < 1.29 is 18.4 Å². The summed E-state index contributed by atoms with van der Waals surface area (Å²) in [5.41, 5.74) is 2.91. The summed E-state index contributed by atoms with van der Waals surface area (Å²) in [4.78, 5) is 4.47. The number of rotatable bonds is 5. The normalized spacial score (nSPS) is 15.7. The number of ether oxygens (including phenoxy) is 2. The smallest absolute Gasteiger partial charge is 0.280 e. The Kier molecular flexibility index (Phi) is 4.72. The second-order valence-corrected chi connectivity index (χ2v) is 6.80. The van der Waals surface area contributed by atoms with Crippen LogP contribution in [0.5, 0.6) is 5.75 Å². The van der Waals surface area contributed by atoms with Crippen LogP contribution in [0.2, 0.25) is 0 Å². The molecule has 1 aliphatic heterocycles. The van der Waals surface area contributed by atoms with Crippen molar-refractivity contribution >= 4 is 0 Å². The minimum absolute atomic E-state index is 0.229. The highest BCUT2D eigenvalue weighted by atomic mass is 19.1. The van der Waals surface area contributed by atoms with Gasteiger partial charge in [-0.3, -0.25) is 0 Å². The molecule has 30 heavy (non-hydrogen) atoms. The van der Waals surface area contributed by atoms with Gasteiger partial charge in [-0.25, -0.2) is 9.07 Å². The van der Waals surface area contributed by atoms with E-state index in [9.17, 15) is 4.39 Å². The number of aromatic nitrogens is 5. The lowest BCUT2D eigenvalue weighted by Gasteiger charge is -2.24. The molecule has 3 heterocycles. The first-order valence-corrected chi connectivity index (χ1v) is 9.58. The van der Waals surface area contributed by atoms with Crippen molar-refractivity contribution in [2.75, 3.05) is 6.61 Å². The van der Waals surface area contributed by atoms with Crippen LogP contribution in [0.1, 0.15) is 24.3 Å². The van der Waals surface area contributed by atoms with Crippen molar-refractivity contribution in [3.63, 3.8) is 0 Å². The summed E-state index contributed by atoms with van der Waals surface area (Å²) >= 11 is 0. The third-order valence-electron chi connectivity index (χ3n) is 4.87. The molecule has 0 spiro atoms. The Morgan fingerprint density at radius 1 is 1.20 bits per heavy atom. The lowest BCUT2D eigenvalue weighted by Crippen LogP contribution is -2.22. The molecule has 1 unspecified atom stereocenters. The Morgan fingerprint density at radius 2 is 2.07 bits per heavy atom. The van der Waals surface area contributed by atoms with E-state index in [2.05, 4.69) is 20.5 Å². The summed E-state index contributed by atoms with van der Waals surface area (Å²) < 4.78 is 31.8. The quantitative estimate of drug-likeness (QED) is 0.497. The molecule has 2 aromatic heterocycles. The molecule has 0 amide bonds. The van der Waals surface area contributed by atoms with E-state index in [1.165, 1.54) is 12.1 Å². The van der Waals surface area contributed by atoms with Gasteiger partial charge in [0, 0.05) is 5.56 Å². The largest absolute Gasteiger partial charge is 0.494 e. The van der Waals surface area contributed by atoms with Gasteiger partial charge in [-0.05, 0) is 36.8 Å². The molecule has 0 fully saturated rings. The van der Waals surface area contributed by atoms with Gasteiger partial charge >= 0.3 is 0 Å². The molecule has 2 aromatic carbocycles. The van der Waals surface area contributed by atoms with Crippen molar-refractivity contribution in [3.05, 3.63) is 65.6 Å². The Hall–Kier alpha value is -3.59. The molecule has 0 saturated carbocycles. The maximum atomic E-state index is 13.2. The minimum Gasteiger partial charge on any atom is -0.494 e. The molecule has 0 N–H and O–H groups in total. The maximum absolute atomic E-state index is 13.2. The first-order chi connectivity index (χ1) is 14.7. The van der Waals surface area contributed by atoms with Crippen LogP contribution >= 0.6 is 0 Å². The number of fused-ring (bicyclic) bond motifs is 1. The number of hydrogen-bond acceptors (Lipinski definition) is 7. The molecule has 9 heteroatoms. The summed E-state index contributed by atoms with van der Waals surface area (Å²) in [7, 11) is 0. The van der Waals surface area contributed by atoms with Gasteiger partial charge in [-0.2, -0.15) is 4.98 Å². The number of nitrogens with zero attached hydrogens (tertiary/aromatic N) is 5. The predicted molar refractivity (Wildman–Crippen MR) is 104 cm³/mol. The average molecular weight is 407 g/mol. The van der Waals surface area contributed by atoms with Crippen LogP contribution in [-0.2, 0) is 17.9 Å². The zero-order chi connectivity index (χ0) is 20.5. The molecular formula is C21H18FN5O3. The topological polar surface area (TPSA) is 88.1 Å². The fourth-order valence-corrected chi connectivity index (χ4v) is 3.39. The highest BCUT2D eigenvalue weighted by Gasteiger charge is 2.28. The van der Waals surface area contributed by atoms with Gasteiger partial charge in [-0.1, -0.05) is 34.6 Å². The van der Waals surface area contributed by atoms with Gasteiger partial charge in [0.1, 0.15) is 17.7 Å². The van der Waals surface area contributed by atoms with Crippen LogP contribution in [0.3, 0.4) is 0 Å². The monoisotopic (exact) mass is 407 g/mol. The van der Waals surface area contributed by atoms with Crippen molar-refractivity contribution in [2.45, 2.75) is 26.2 Å². The first-order valence-electron chi connectivity index (χ1n) is 9.58. The zero-order valence-electron chi connectivity index (χ0n) is 16.2. The fraction of sp³-hybridized carbons (Fsp3) is 0.238. The van der Waals surface area contributed by atoms with Crippen LogP contribution in [0.25, 0.3) is 23.0 Å². The van der Waals surface area contributed by atoms with E-state index in [0.717, 1.165) is 22.6 Å².